The molecule has 0 aromatic rings. The molecule has 0 saturated heterocycles. The number of nitrogens with one attached hydrogen (secondary N) is 1. The lowest BCUT2D eigenvalue weighted by Crippen LogP contribution is -2.23. The van der Waals surface area contributed by atoms with Gasteiger partial charge in [0.25, 0.3) is 0 Å². The molecule has 2 heteroatoms. The summed E-state index contributed by atoms with van der Waals surface area (Å²) in [7, 11) is 0. The van der Waals surface area contributed by atoms with Crippen LogP contribution in [0.3, 0.4) is 0 Å². The monoisotopic (exact) mass is 127 g/mol. The van der Waals surface area contributed by atoms with Crippen molar-refractivity contribution in [3.63, 3.8) is 0 Å². The van der Waals surface area contributed by atoms with E-state index in [9.17, 15) is 0 Å². The highest BCUT2D eigenvalue weighted by Gasteiger charge is 2.13. The maximum atomic E-state index is 4.83. The number of rotatable bonds is 3. The predicted molar refractivity (Wildman–Crippen MR) is 36.7 cm³/mol. The zero-order valence-corrected chi connectivity index (χ0v) is 5.60. The third-order valence-corrected chi connectivity index (χ3v) is 1.67. The molecule has 0 heterocycles. The van der Waals surface area contributed by atoms with E-state index in [1.165, 1.54) is 31.9 Å². The van der Waals surface area contributed by atoms with Gasteiger partial charge >= 0.3 is 0 Å². The maximum absolute atomic E-state index is 4.83. The Morgan fingerprint density at radius 2 is 2.11 bits per heavy atom. The molecule has 1 rings (SSSR count). The van der Waals surface area contributed by atoms with Gasteiger partial charge in [-0.25, -0.2) is 0 Å². The molecule has 0 radical (unpaired) electrons. The Bertz CT molecular complexity index is 86.9. The van der Waals surface area contributed by atoms with Gasteiger partial charge in [0.15, 0.2) is 0 Å². The van der Waals surface area contributed by atoms with Crippen LogP contribution in [-0.2, 0) is 4.84 Å². The van der Waals surface area contributed by atoms with Crippen molar-refractivity contribution in [3.8, 4) is 0 Å². The summed E-state index contributed by atoms with van der Waals surface area (Å²) < 4.78 is 0. The Kier molecular flexibility index (Phi) is 2.58. The molecule has 9 heavy (non-hydrogen) atoms. The summed E-state index contributed by atoms with van der Waals surface area (Å²) in [5.41, 5.74) is 2.91. The quantitative estimate of drug-likeness (QED) is 0.459. The van der Waals surface area contributed by atoms with E-state index in [1.54, 1.807) is 0 Å². The van der Waals surface area contributed by atoms with Crippen LogP contribution in [0.2, 0.25) is 0 Å². The fourth-order valence-corrected chi connectivity index (χ4v) is 1.19. The molecule has 0 atom stereocenters. The van der Waals surface area contributed by atoms with Gasteiger partial charge < -0.3 is 4.84 Å². The second kappa shape index (κ2) is 3.51. The van der Waals surface area contributed by atoms with E-state index < -0.39 is 0 Å². The molecule has 0 aromatic heterocycles. The minimum absolute atomic E-state index is 0.572. The van der Waals surface area contributed by atoms with Crippen LogP contribution in [0.1, 0.15) is 25.7 Å². The summed E-state index contributed by atoms with van der Waals surface area (Å²) >= 11 is 0. The van der Waals surface area contributed by atoms with Crippen molar-refractivity contribution in [2.75, 3.05) is 0 Å². The summed E-state index contributed by atoms with van der Waals surface area (Å²) in [6.45, 7) is 3.44. The largest absolute Gasteiger partial charge is 0.417 e. The minimum Gasteiger partial charge on any atom is -0.417 e. The van der Waals surface area contributed by atoms with Crippen molar-refractivity contribution in [2.24, 2.45) is 0 Å². The Morgan fingerprint density at radius 3 is 2.67 bits per heavy atom. The molecule has 0 aromatic carbocycles. The van der Waals surface area contributed by atoms with Gasteiger partial charge in [-0.05, 0) is 12.8 Å². The first-order valence-electron chi connectivity index (χ1n) is 3.45. The van der Waals surface area contributed by atoms with Crippen molar-refractivity contribution < 1.29 is 4.84 Å². The lowest BCUT2D eigenvalue weighted by molar-refractivity contribution is 0.102. The van der Waals surface area contributed by atoms with Crippen molar-refractivity contribution in [3.05, 3.63) is 12.8 Å². The molecule has 1 fully saturated rings. The Morgan fingerprint density at radius 1 is 1.44 bits per heavy atom. The standard InChI is InChI=1S/C7H13NO/c1-2-9-8-7-5-3-4-6-7/h2,7-8H,1,3-6H2. The second-order valence-corrected chi connectivity index (χ2v) is 2.38. The maximum Gasteiger partial charge on any atom is 0.104 e. The first kappa shape index (κ1) is 6.62. The molecule has 1 aliphatic rings. The summed E-state index contributed by atoms with van der Waals surface area (Å²) in [5.74, 6) is 0. The van der Waals surface area contributed by atoms with E-state index in [1.807, 2.05) is 0 Å². The molecule has 2 nitrogen and oxygen atoms in total. The summed E-state index contributed by atoms with van der Waals surface area (Å²) in [6.07, 6.45) is 6.58. The van der Waals surface area contributed by atoms with Gasteiger partial charge in [0, 0.05) is 6.04 Å². The normalized spacial score (nSPS) is 20.0. The predicted octanol–water partition coefficient (Wildman–Crippen LogP) is 1.59. The summed E-state index contributed by atoms with van der Waals surface area (Å²) in [5, 5.41) is 0. The molecule has 1 saturated carbocycles. The highest BCUT2D eigenvalue weighted by molar-refractivity contribution is 4.70. The highest BCUT2D eigenvalue weighted by Crippen LogP contribution is 2.17. The molecular weight excluding hydrogens is 114 g/mol. The topological polar surface area (TPSA) is 21.3 Å². The van der Waals surface area contributed by atoms with E-state index >= 15 is 0 Å². The zero-order chi connectivity index (χ0) is 6.53. The highest BCUT2D eigenvalue weighted by atomic mass is 16.6. The van der Waals surface area contributed by atoms with Gasteiger partial charge in [-0.2, -0.15) is 5.48 Å². The third-order valence-electron chi connectivity index (χ3n) is 1.67. The van der Waals surface area contributed by atoms with E-state index in [0.717, 1.165) is 0 Å². The fraction of sp³-hybridized carbons (Fsp3) is 0.714. The molecule has 0 bridgehead atoms. The molecule has 0 aliphatic heterocycles. The van der Waals surface area contributed by atoms with Gasteiger partial charge in [-0.1, -0.05) is 19.4 Å². The van der Waals surface area contributed by atoms with E-state index in [2.05, 4.69) is 12.1 Å². The van der Waals surface area contributed by atoms with Crippen LogP contribution in [0.5, 0.6) is 0 Å². The first-order valence-corrected chi connectivity index (χ1v) is 3.45. The number of hydroxylamine groups is 1. The van der Waals surface area contributed by atoms with Crippen LogP contribution in [0.25, 0.3) is 0 Å². The summed E-state index contributed by atoms with van der Waals surface area (Å²) in [4.78, 5) is 4.83. The minimum atomic E-state index is 0.572. The smallest absolute Gasteiger partial charge is 0.104 e. The van der Waals surface area contributed by atoms with Crippen molar-refractivity contribution >= 4 is 0 Å². The molecule has 1 aliphatic carbocycles. The lowest BCUT2D eigenvalue weighted by atomic mass is 10.3. The number of hydrogen-bond donors (Lipinski definition) is 1. The van der Waals surface area contributed by atoms with Crippen molar-refractivity contribution in [1.82, 2.24) is 5.48 Å². The molecular formula is C7H13NO. The number of hydrogen-bond acceptors (Lipinski definition) is 2. The second-order valence-electron chi connectivity index (χ2n) is 2.38. The average Bonchev–Trinajstić information content (AvgIpc) is 2.34. The van der Waals surface area contributed by atoms with Crippen LogP contribution in [0, 0.1) is 0 Å². The molecule has 0 amide bonds. The van der Waals surface area contributed by atoms with Gasteiger partial charge in [-0.3, -0.25) is 0 Å². The van der Waals surface area contributed by atoms with Crippen LogP contribution >= 0.6 is 0 Å². The van der Waals surface area contributed by atoms with E-state index in [-0.39, 0.29) is 0 Å². The van der Waals surface area contributed by atoms with Gasteiger partial charge in [0.05, 0.1) is 0 Å². The van der Waals surface area contributed by atoms with Crippen LogP contribution in [-0.4, -0.2) is 6.04 Å². The van der Waals surface area contributed by atoms with E-state index in [0.29, 0.717) is 6.04 Å². The average molecular weight is 127 g/mol. The van der Waals surface area contributed by atoms with Gasteiger partial charge in [0.1, 0.15) is 6.26 Å². The Labute approximate surface area is 55.9 Å². The fourth-order valence-electron chi connectivity index (χ4n) is 1.19. The van der Waals surface area contributed by atoms with E-state index in [4.69, 9.17) is 4.84 Å². The molecule has 52 valence electrons. The van der Waals surface area contributed by atoms with Crippen molar-refractivity contribution in [1.29, 1.82) is 0 Å². The van der Waals surface area contributed by atoms with Crippen LogP contribution in [0.15, 0.2) is 12.8 Å². The van der Waals surface area contributed by atoms with Gasteiger partial charge in [0.2, 0.25) is 0 Å². The molecule has 1 N–H and O–H groups in total. The summed E-state index contributed by atoms with van der Waals surface area (Å²) in [6, 6.07) is 0.572. The first-order chi connectivity index (χ1) is 4.43. The SMILES string of the molecule is C=CONC1CCCC1. The zero-order valence-electron chi connectivity index (χ0n) is 5.60. The lowest BCUT2D eigenvalue weighted by Gasteiger charge is -2.08. The molecule has 0 unspecified atom stereocenters. The van der Waals surface area contributed by atoms with Crippen LogP contribution in [0.4, 0.5) is 0 Å². The Balaban J connectivity index is 2.04. The Hall–Kier alpha value is -0.500. The van der Waals surface area contributed by atoms with Crippen LogP contribution < -0.4 is 5.48 Å². The van der Waals surface area contributed by atoms with Crippen molar-refractivity contribution in [2.45, 2.75) is 31.7 Å². The van der Waals surface area contributed by atoms with Gasteiger partial charge in [-0.15, -0.1) is 0 Å². The molecule has 0 spiro atoms. The third kappa shape index (κ3) is 2.06.